The number of nitrogens with zero attached hydrogens (tertiary/aromatic N) is 2. The first-order valence-corrected chi connectivity index (χ1v) is 8.82. The van der Waals surface area contributed by atoms with E-state index in [2.05, 4.69) is 4.99 Å². The van der Waals surface area contributed by atoms with Crippen molar-refractivity contribution in [2.24, 2.45) is 4.99 Å². The maximum atomic E-state index is 12.4. The van der Waals surface area contributed by atoms with Crippen LogP contribution in [0.25, 0.3) is 10.2 Å². The monoisotopic (exact) mass is 394 g/mol. The number of fused-ring (bicyclic) bond motifs is 1. The summed E-state index contributed by atoms with van der Waals surface area (Å²) in [6, 6.07) is 10.7. The zero-order valence-corrected chi connectivity index (χ0v) is 15.3. The van der Waals surface area contributed by atoms with E-state index in [1.807, 2.05) is 0 Å². The number of carbonyl (C=O) groups is 2. The fourth-order valence-corrected chi connectivity index (χ4v) is 3.78. The van der Waals surface area contributed by atoms with Crippen molar-refractivity contribution in [3.8, 4) is 0 Å². The van der Waals surface area contributed by atoms with Gasteiger partial charge in [-0.2, -0.15) is 4.99 Å². The average molecular weight is 395 g/mol. The number of amides is 1. The molecule has 1 amide bonds. The Kier molecular flexibility index (Phi) is 4.94. The maximum absolute atomic E-state index is 12.4. The normalized spacial score (nSPS) is 13.2. The summed E-state index contributed by atoms with van der Waals surface area (Å²) in [4.78, 5) is 28.3. The van der Waals surface area contributed by atoms with E-state index >= 15 is 0 Å². The number of aromatic nitrogens is 1. The number of carboxylic acids is 1. The molecule has 1 heterocycles. The van der Waals surface area contributed by atoms with E-state index in [-0.39, 0.29) is 4.80 Å². The highest BCUT2D eigenvalue weighted by Gasteiger charge is 2.19. The third-order valence-electron chi connectivity index (χ3n) is 3.60. The predicted molar refractivity (Wildman–Crippen MR) is 98.5 cm³/mol. The molecule has 0 saturated heterocycles. The number of hydrogen-bond donors (Lipinski definition) is 1. The van der Waals surface area contributed by atoms with Gasteiger partial charge in [0.1, 0.15) is 6.04 Å². The highest BCUT2D eigenvalue weighted by molar-refractivity contribution is 7.16. The Morgan fingerprint density at radius 3 is 2.56 bits per heavy atom. The number of rotatable bonds is 3. The van der Waals surface area contributed by atoms with Gasteiger partial charge in [-0.05, 0) is 43.3 Å². The second-order valence-corrected chi connectivity index (χ2v) is 7.19. The lowest BCUT2D eigenvalue weighted by molar-refractivity contribution is -0.140. The van der Waals surface area contributed by atoms with E-state index in [4.69, 9.17) is 23.2 Å². The maximum Gasteiger partial charge on any atom is 0.326 e. The van der Waals surface area contributed by atoms with Gasteiger partial charge in [0.2, 0.25) is 0 Å². The number of benzene rings is 2. The van der Waals surface area contributed by atoms with Gasteiger partial charge < -0.3 is 9.67 Å². The average Bonchev–Trinajstić information content (AvgIpc) is 2.90. The van der Waals surface area contributed by atoms with Gasteiger partial charge in [-0.15, -0.1) is 0 Å². The summed E-state index contributed by atoms with van der Waals surface area (Å²) >= 11 is 13.2. The minimum absolute atomic E-state index is 0.289. The van der Waals surface area contributed by atoms with Crippen molar-refractivity contribution < 1.29 is 14.7 Å². The third kappa shape index (κ3) is 3.61. The molecule has 0 fully saturated rings. The molecular weight excluding hydrogens is 383 g/mol. The van der Waals surface area contributed by atoms with Crippen LogP contribution in [0.4, 0.5) is 0 Å². The molecule has 128 valence electrons. The number of halogens is 2. The Morgan fingerprint density at radius 2 is 1.88 bits per heavy atom. The Labute approximate surface area is 156 Å². The summed E-state index contributed by atoms with van der Waals surface area (Å²) in [6.07, 6.45) is 0. The second kappa shape index (κ2) is 7.00. The molecule has 0 bridgehead atoms. The highest BCUT2D eigenvalue weighted by Crippen LogP contribution is 2.24. The molecule has 1 unspecified atom stereocenters. The van der Waals surface area contributed by atoms with Gasteiger partial charge in [0, 0.05) is 15.6 Å². The molecule has 3 aromatic rings. The van der Waals surface area contributed by atoms with E-state index < -0.39 is 17.9 Å². The largest absolute Gasteiger partial charge is 0.480 e. The Morgan fingerprint density at radius 1 is 1.16 bits per heavy atom. The molecule has 0 aliphatic heterocycles. The molecule has 0 aliphatic carbocycles. The van der Waals surface area contributed by atoms with Crippen molar-refractivity contribution in [1.29, 1.82) is 0 Å². The van der Waals surface area contributed by atoms with Gasteiger partial charge in [-0.25, -0.2) is 4.79 Å². The number of carboxylic acid groups (broad SMARTS) is 1. The van der Waals surface area contributed by atoms with Gasteiger partial charge >= 0.3 is 5.97 Å². The van der Waals surface area contributed by atoms with Crippen LogP contribution in [0.2, 0.25) is 10.0 Å². The quantitative estimate of drug-likeness (QED) is 0.715. The topological polar surface area (TPSA) is 71.7 Å². The number of thiazole rings is 1. The first-order valence-electron chi connectivity index (χ1n) is 7.25. The summed E-state index contributed by atoms with van der Waals surface area (Å²) in [7, 11) is 0. The number of hydrogen-bond acceptors (Lipinski definition) is 3. The molecule has 3 rings (SSSR count). The summed E-state index contributed by atoms with van der Waals surface area (Å²) in [5, 5.41) is 10.3. The standard InChI is InChI=1S/C17H12Cl2N2O3S/c1-9(16(23)24)21-13-8-12(19)5-6-14(13)25-17(21)20-15(22)10-3-2-4-11(18)7-10/h2-9H,1H3,(H,23,24). The van der Waals surface area contributed by atoms with Crippen molar-refractivity contribution >= 4 is 56.6 Å². The van der Waals surface area contributed by atoms with E-state index in [1.54, 1.807) is 36.4 Å². The molecule has 0 saturated carbocycles. The predicted octanol–water partition coefficient (Wildman–Crippen LogP) is 4.40. The molecule has 25 heavy (non-hydrogen) atoms. The van der Waals surface area contributed by atoms with Crippen molar-refractivity contribution in [2.45, 2.75) is 13.0 Å². The SMILES string of the molecule is CC(C(=O)O)n1c(=NC(=O)c2cccc(Cl)c2)sc2ccc(Cl)cc21. The number of aliphatic carboxylic acids is 1. The minimum atomic E-state index is -1.03. The molecule has 8 heteroatoms. The first-order chi connectivity index (χ1) is 11.9. The zero-order valence-electron chi connectivity index (χ0n) is 12.9. The molecule has 1 aromatic heterocycles. The Hall–Kier alpha value is -2.15. The minimum Gasteiger partial charge on any atom is -0.480 e. The van der Waals surface area contributed by atoms with E-state index in [0.29, 0.717) is 21.1 Å². The molecule has 0 aliphatic rings. The fourth-order valence-electron chi connectivity index (χ4n) is 2.35. The lowest BCUT2D eigenvalue weighted by atomic mass is 10.2. The van der Waals surface area contributed by atoms with Crippen LogP contribution in [0.15, 0.2) is 47.5 Å². The molecule has 5 nitrogen and oxygen atoms in total. The molecule has 2 aromatic carbocycles. The molecule has 0 radical (unpaired) electrons. The third-order valence-corrected chi connectivity index (χ3v) is 5.11. The lowest BCUT2D eigenvalue weighted by Crippen LogP contribution is -2.25. The van der Waals surface area contributed by atoms with Crippen LogP contribution in [-0.4, -0.2) is 21.6 Å². The van der Waals surface area contributed by atoms with Gasteiger partial charge in [0.15, 0.2) is 4.80 Å². The van der Waals surface area contributed by atoms with Crippen molar-refractivity contribution in [2.75, 3.05) is 0 Å². The summed E-state index contributed by atoms with van der Waals surface area (Å²) in [6.45, 7) is 1.53. The first kappa shape index (κ1) is 17.7. The fraction of sp³-hybridized carbons (Fsp3) is 0.118. The van der Waals surface area contributed by atoms with E-state index in [1.165, 1.54) is 28.9 Å². The molecular formula is C17H12Cl2N2O3S. The van der Waals surface area contributed by atoms with Crippen molar-refractivity contribution in [1.82, 2.24) is 4.57 Å². The summed E-state index contributed by atoms with van der Waals surface area (Å²) < 4.78 is 2.28. The van der Waals surface area contributed by atoms with Gasteiger partial charge in [-0.3, -0.25) is 4.79 Å². The lowest BCUT2D eigenvalue weighted by Gasteiger charge is -2.10. The van der Waals surface area contributed by atoms with Crippen LogP contribution in [0, 0.1) is 0 Å². The van der Waals surface area contributed by atoms with E-state index in [0.717, 1.165) is 4.70 Å². The van der Waals surface area contributed by atoms with Gasteiger partial charge in [-0.1, -0.05) is 40.6 Å². The molecule has 1 N–H and O–H groups in total. The van der Waals surface area contributed by atoms with Crippen LogP contribution < -0.4 is 4.80 Å². The zero-order chi connectivity index (χ0) is 18.1. The molecule has 0 spiro atoms. The second-order valence-electron chi connectivity index (χ2n) is 5.31. The Bertz CT molecular complexity index is 1060. The Balaban J connectivity index is 2.22. The van der Waals surface area contributed by atoms with Gasteiger partial charge in [0.05, 0.1) is 10.2 Å². The summed E-state index contributed by atoms with van der Waals surface area (Å²) in [5.74, 6) is -1.53. The number of carbonyl (C=O) groups excluding carboxylic acids is 1. The molecule has 1 atom stereocenters. The van der Waals surface area contributed by atoms with Crippen LogP contribution in [0.1, 0.15) is 23.3 Å². The van der Waals surface area contributed by atoms with E-state index in [9.17, 15) is 14.7 Å². The van der Waals surface area contributed by atoms with Gasteiger partial charge in [0.25, 0.3) is 5.91 Å². The highest BCUT2D eigenvalue weighted by atomic mass is 35.5. The smallest absolute Gasteiger partial charge is 0.326 e. The van der Waals surface area contributed by atoms with Crippen LogP contribution >= 0.6 is 34.5 Å². The van der Waals surface area contributed by atoms with Crippen molar-refractivity contribution in [3.05, 3.63) is 62.9 Å². The van der Waals surface area contributed by atoms with Crippen LogP contribution in [0.5, 0.6) is 0 Å². The van der Waals surface area contributed by atoms with Crippen LogP contribution in [-0.2, 0) is 4.79 Å². The van der Waals surface area contributed by atoms with Crippen LogP contribution in [0.3, 0.4) is 0 Å². The van der Waals surface area contributed by atoms with Crippen molar-refractivity contribution in [3.63, 3.8) is 0 Å². The summed E-state index contributed by atoms with van der Waals surface area (Å²) in [5.41, 5.74) is 0.947.